The Morgan fingerprint density at radius 3 is 2.00 bits per heavy atom. The van der Waals surface area contributed by atoms with Crippen molar-refractivity contribution in [1.82, 2.24) is 0 Å². The second-order valence-corrected chi connectivity index (χ2v) is 1.47. The first kappa shape index (κ1) is 8.51. The van der Waals surface area contributed by atoms with Gasteiger partial charge in [0.15, 0.2) is 0 Å². The summed E-state index contributed by atoms with van der Waals surface area (Å²) in [7, 11) is 0. The van der Waals surface area contributed by atoms with Crippen molar-refractivity contribution in [1.29, 1.82) is 0 Å². The zero-order chi connectivity index (χ0) is 5.82. The van der Waals surface area contributed by atoms with Crippen LogP contribution < -0.4 is 0 Å². The SMILES string of the molecule is O=[C-]c1ccccc1.[Ru+]. The third-order valence-corrected chi connectivity index (χ3v) is 0.892. The number of hydrogen-bond acceptors (Lipinski definition) is 1. The van der Waals surface area contributed by atoms with Crippen molar-refractivity contribution in [3.8, 4) is 0 Å². The molecule has 0 fully saturated rings. The molecule has 2 heteroatoms. The molecule has 0 amide bonds. The van der Waals surface area contributed by atoms with Gasteiger partial charge in [0.1, 0.15) is 0 Å². The van der Waals surface area contributed by atoms with E-state index in [0.717, 1.165) is 0 Å². The van der Waals surface area contributed by atoms with Crippen LogP contribution in [0.2, 0.25) is 0 Å². The Morgan fingerprint density at radius 1 is 1.11 bits per heavy atom. The Bertz CT molecular complexity index is 172. The second-order valence-electron chi connectivity index (χ2n) is 1.47. The van der Waals surface area contributed by atoms with Crippen LogP contribution in [0.1, 0.15) is 5.56 Å². The topological polar surface area (TPSA) is 17.1 Å². The van der Waals surface area contributed by atoms with E-state index in [2.05, 4.69) is 0 Å². The van der Waals surface area contributed by atoms with Crippen LogP contribution in [0, 0.1) is 0 Å². The molecule has 0 aliphatic heterocycles. The molecule has 1 aromatic rings. The third kappa shape index (κ3) is 2.52. The van der Waals surface area contributed by atoms with Crippen molar-refractivity contribution in [2.45, 2.75) is 0 Å². The summed E-state index contributed by atoms with van der Waals surface area (Å²) in [4.78, 5) is 9.88. The smallest absolute Gasteiger partial charge is 0.376 e. The van der Waals surface area contributed by atoms with Gasteiger partial charge in [0.05, 0.1) is 6.29 Å². The normalized spacial score (nSPS) is 7.56. The predicted octanol–water partition coefficient (Wildman–Crippen LogP) is 1.14. The van der Waals surface area contributed by atoms with E-state index in [4.69, 9.17) is 0 Å². The molecule has 0 aromatic heterocycles. The van der Waals surface area contributed by atoms with Crippen molar-refractivity contribution in [2.24, 2.45) is 0 Å². The van der Waals surface area contributed by atoms with Crippen LogP contribution in [0.15, 0.2) is 30.3 Å². The van der Waals surface area contributed by atoms with Gasteiger partial charge in [-0.3, -0.25) is 0 Å². The molecular formula is C7H5ORu. The van der Waals surface area contributed by atoms with Gasteiger partial charge >= 0.3 is 19.5 Å². The van der Waals surface area contributed by atoms with Gasteiger partial charge in [0, 0.05) is 0 Å². The molecule has 0 N–H and O–H groups in total. The fourth-order valence-electron chi connectivity index (χ4n) is 0.506. The van der Waals surface area contributed by atoms with Crippen LogP contribution in [0.3, 0.4) is 0 Å². The molecule has 0 unspecified atom stereocenters. The van der Waals surface area contributed by atoms with E-state index in [-0.39, 0.29) is 19.5 Å². The van der Waals surface area contributed by atoms with Gasteiger partial charge in [0.25, 0.3) is 0 Å². The monoisotopic (exact) mass is 207 g/mol. The minimum Gasteiger partial charge on any atom is -0.376 e. The Kier molecular flexibility index (Phi) is 4.16. The minimum absolute atomic E-state index is 0. The van der Waals surface area contributed by atoms with Gasteiger partial charge in [-0.1, -0.05) is 6.07 Å². The first-order chi connectivity index (χ1) is 3.93. The molecule has 47 valence electrons. The number of carbonyl (C=O) groups excluding carboxylic acids is 1. The summed E-state index contributed by atoms with van der Waals surface area (Å²) in [5.41, 5.74) is 0.604. The van der Waals surface area contributed by atoms with E-state index in [1.165, 1.54) is 0 Å². The van der Waals surface area contributed by atoms with Crippen LogP contribution in [-0.2, 0) is 24.3 Å². The van der Waals surface area contributed by atoms with Gasteiger partial charge in [0.2, 0.25) is 0 Å². The molecule has 9 heavy (non-hydrogen) atoms. The molecule has 0 aliphatic rings. The van der Waals surface area contributed by atoms with Crippen LogP contribution >= 0.6 is 0 Å². The van der Waals surface area contributed by atoms with Gasteiger partial charge in [-0.15, -0.1) is 12.1 Å². The standard InChI is InChI=1S/C7H5O.Ru/c8-6-7-4-2-1-3-5-7;/h1-5H;/q-1;+1. The van der Waals surface area contributed by atoms with E-state index in [0.29, 0.717) is 5.56 Å². The van der Waals surface area contributed by atoms with Crippen molar-refractivity contribution in [3.05, 3.63) is 35.9 Å². The van der Waals surface area contributed by atoms with Crippen LogP contribution in [0.5, 0.6) is 0 Å². The Labute approximate surface area is 66.8 Å². The molecule has 0 saturated heterocycles. The third-order valence-electron chi connectivity index (χ3n) is 0.892. The van der Waals surface area contributed by atoms with E-state index >= 15 is 0 Å². The molecule has 1 radical (unpaired) electrons. The molecule has 0 bridgehead atoms. The average Bonchev–Trinajstić information content (AvgIpc) is 1.90. The van der Waals surface area contributed by atoms with Crippen molar-refractivity contribution in [2.75, 3.05) is 0 Å². The minimum atomic E-state index is 0. The molecule has 0 spiro atoms. The van der Waals surface area contributed by atoms with Gasteiger partial charge in [-0.05, 0) is 0 Å². The average molecular weight is 206 g/mol. The summed E-state index contributed by atoms with van der Waals surface area (Å²) in [5, 5.41) is 0. The van der Waals surface area contributed by atoms with Crippen molar-refractivity contribution < 1.29 is 24.3 Å². The number of rotatable bonds is 1. The summed E-state index contributed by atoms with van der Waals surface area (Å²) in [6.45, 7) is 0. The molecule has 0 heterocycles. The van der Waals surface area contributed by atoms with E-state index in [1.54, 1.807) is 30.6 Å². The molecular weight excluding hydrogens is 201 g/mol. The quantitative estimate of drug-likeness (QED) is 0.497. The van der Waals surface area contributed by atoms with Crippen LogP contribution in [0.25, 0.3) is 0 Å². The summed E-state index contributed by atoms with van der Waals surface area (Å²) >= 11 is 0. The Hall–Kier alpha value is -0.487. The molecule has 1 rings (SSSR count). The Morgan fingerprint density at radius 2 is 1.67 bits per heavy atom. The molecule has 1 nitrogen and oxygen atoms in total. The van der Waals surface area contributed by atoms with Crippen molar-refractivity contribution >= 4 is 6.29 Å². The van der Waals surface area contributed by atoms with E-state index < -0.39 is 0 Å². The van der Waals surface area contributed by atoms with Gasteiger partial charge < -0.3 is 4.79 Å². The Balaban J connectivity index is 0.000000640. The largest absolute Gasteiger partial charge is 1.00 e. The zero-order valence-electron chi connectivity index (χ0n) is 4.65. The first-order valence-electron chi connectivity index (χ1n) is 2.36. The summed E-state index contributed by atoms with van der Waals surface area (Å²) in [6.07, 6.45) is 1.78. The fraction of sp³-hybridized carbons (Fsp3) is 0. The van der Waals surface area contributed by atoms with E-state index in [1.807, 2.05) is 6.07 Å². The molecule has 1 aromatic carbocycles. The van der Waals surface area contributed by atoms with Gasteiger partial charge in [-0.2, -0.15) is 17.7 Å². The number of benzene rings is 1. The summed E-state index contributed by atoms with van der Waals surface area (Å²) < 4.78 is 0. The molecule has 0 saturated carbocycles. The number of hydrogen-bond donors (Lipinski definition) is 0. The first-order valence-corrected chi connectivity index (χ1v) is 2.36. The van der Waals surface area contributed by atoms with E-state index in [9.17, 15) is 4.79 Å². The maximum absolute atomic E-state index is 9.88. The summed E-state index contributed by atoms with van der Waals surface area (Å²) in [6, 6.07) is 8.90. The van der Waals surface area contributed by atoms with Crippen LogP contribution in [0.4, 0.5) is 0 Å². The van der Waals surface area contributed by atoms with Crippen molar-refractivity contribution in [3.63, 3.8) is 0 Å². The predicted molar refractivity (Wildman–Crippen MR) is 31.2 cm³/mol. The van der Waals surface area contributed by atoms with Gasteiger partial charge in [-0.25, -0.2) is 0 Å². The van der Waals surface area contributed by atoms with Crippen LogP contribution in [-0.4, -0.2) is 6.29 Å². The summed E-state index contributed by atoms with van der Waals surface area (Å²) in [5.74, 6) is 0. The fourth-order valence-corrected chi connectivity index (χ4v) is 0.506. The molecule has 0 atom stereocenters. The zero-order valence-corrected chi connectivity index (χ0v) is 6.39. The maximum atomic E-state index is 9.88. The second kappa shape index (κ2) is 4.40. The molecule has 0 aliphatic carbocycles. The maximum Gasteiger partial charge on any atom is 1.00 e.